The fourth-order valence-corrected chi connectivity index (χ4v) is 13.6. The Hall–Kier alpha value is -13.0. The van der Waals surface area contributed by atoms with E-state index in [-0.39, 0.29) is 156 Å². The molecule has 0 spiro atoms. The Morgan fingerprint density at radius 2 is 0.591 bits per heavy atom. The topological polar surface area (TPSA) is 780 Å². The van der Waals surface area contributed by atoms with Crippen LogP contribution in [0.25, 0.3) is 0 Å². The third-order valence-corrected chi connectivity index (χ3v) is 20.3. The van der Waals surface area contributed by atoms with Crippen LogP contribution >= 0.6 is 0 Å². The number of benzene rings is 1. The highest BCUT2D eigenvalue weighted by Crippen LogP contribution is 2.18. The highest BCUT2D eigenvalue weighted by atomic mass is 16.4. The van der Waals surface area contributed by atoms with Crippen LogP contribution in [0.2, 0.25) is 0 Å². The molecular formula is C85H144N26O21. The molecule has 132 heavy (non-hydrogen) atoms. The molecule has 0 saturated heterocycles. The smallest absolute Gasteiger partial charge is 0.326 e. The molecule has 740 valence electrons. The van der Waals surface area contributed by atoms with Crippen LogP contribution in [0.5, 0.6) is 5.75 Å². The number of nitrogens with zero attached hydrogens (tertiary/aromatic N) is 1. The van der Waals surface area contributed by atoms with Crippen molar-refractivity contribution in [2.75, 3.05) is 19.6 Å². The summed E-state index contributed by atoms with van der Waals surface area (Å²) in [7, 11) is 0. The van der Waals surface area contributed by atoms with Gasteiger partial charge in [-0.3, -0.25) is 92.9 Å². The van der Waals surface area contributed by atoms with Crippen molar-refractivity contribution in [3.8, 4) is 5.75 Å². The Bertz CT molecular complexity index is 4170. The summed E-state index contributed by atoms with van der Waals surface area (Å²) in [5, 5.41) is 106. The quantitative estimate of drug-likeness (QED) is 0.0178. The molecule has 0 bridgehead atoms. The standard InChI is InChI=1S/C85H144N26O21/c1-42(2)32-53(86)70(119)101-57(25-27-66(113)114)74(123)102-56(20-17-31-96-85(91)92)73(122)106-59(33-43(3)4)76(125)98-49(14)69(118)105-63(38-50-21-23-52(112)24-22-50)81(130)109-61(35-45(7)8)79(128)110-64(39-51-40-93-41-97-51)77(126)99-48(13)68(117)100-54(18-15-29-94-83(87)88)72(121)107-60(34-44(5)6)78(127)103-55(19-16-30-95-84(89)90)71(120)104-58(26-28-67(115)116)75(124)108-62(36-46(9)10)80(129)111-65(82(131)132)37-47(11)12/h21-24,40-49,53-65,112H,15-20,25-39,86H2,1-14H3,(H,93,97)(H,98,125)(H,99,126)(H,100,117)(H,101,119)(H,102,123)(H,103,127)(H,104,120)(H,105,118)(H,106,122)(H,107,121)(H,108,124)(H,109,130)(H,110,128)(H,111,129)(H,113,114)(H,115,116)(H,131,132)(H4,87,88,94)(H4,89,90,95)(H4,91,92,96)/t48-,49-,53-,54-,55-,56-,57-,58-,59-,60-,61-,62-,63-,64-,65-/m0/s1. The first-order valence-corrected chi connectivity index (χ1v) is 44.4. The normalized spacial score (nSPS) is 14.7. The molecule has 0 fully saturated rings. The zero-order chi connectivity index (χ0) is 99.9. The minimum Gasteiger partial charge on any atom is -0.508 e. The van der Waals surface area contributed by atoms with Crippen LogP contribution < -0.4 is 113 Å². The highest BCUT2D eigenvalue weighted by molar-refractivity contribution is 6.01. The van der Waals surface area contributed by atoms with Crippen LogP contribution in [0, 0.1) is 51.7 Å². The van der Waals surface area contributed by atoms with Crippen molar-refractivity contribution in [2.45, 2.75) is 303 Å². The van der Waals surface area contributed by atoms with E-state index in [2.05, 4.69) is 100 Å². The summed E-state index contributed by atoms with van der Waals surface area (Å²) in [6.45, 7) is 23.5. The highest BCUT2D eigenvalue weighted by Gasteiger charge is 2.39. The molecule has 0 aliphatic rings. The van der Waals surface area contributed by atoms with Crippen molar-refractivity contribution >= 4 is 118 Å². The molecule has 14 amide bonds. The Morgan fingerprint density at radius 3 is 0.902 bits per heavy atom. The maximum atomic E-state index is 14.9. The van der Waals surface area contributed by atoms with Crippen LogP contribution in [0.15, 0.2) is 36.8 Å². The molecule has 47 heteroatoms. The van der Waals surface area contributed by atoms with E-state index in [1.165, 1.54) is 50.6 Å². The largest absolute Gasteiger partial charge is 0.508 e. The van der Waals surface area contributed by atoms with Gasteiger partial charge in [-0.1, -0.05) is 95.2 Å². The van der Waals surface area contributed by atoms with Gasteiger partial charge in [0, 0.05) is 51.5 Å². The van der Waals surface area contributed by atoms with Crippen molar-refractivity contribution in [3.63, 3.8) is 0 Å². The van der Waals surface area contributed by atoms with Crippen molar-refractivity contribution < 1.29 is 102 Å². The number of aromatic amines is 1. The number of carbonyl (C=O) groups is 17. The number of phenols is 1. The van der Waals surface area contributed by atoms with E-state index >= 15 is 0 Å². The number of nitrogens with two attached hydrogens (primary N) is 4. The number of hydrogen-bond donors (Lipinski definition) is 29. The molecule has 0 aliphatic heterocycles. The van der Waals surface area contributed by atoms with E-state index in [4.69, 9.17) is 39.2 Å². The lowest BCUT2D eigenvalue weighted by atomic mass is 9.99. The molecule has 1 aromatic carbocycles. The second kappa shape index (κ2) is 59.3. The maximum absolute atomic E-state index is 14.9. The predicted molar refractivity (Wildman–Crippen MR) is 486 cm³/mol. The van der Waals surface area contributed by atoms with Crippen molar-refractivity contribution in [1.82, 2.24) is 100 Å². The van der Waals surface area contributed by atoms with Crippen LogP contribution in [0.4, 0.5) is 0 Å². The Labute approximate surface area is 768 Å². The number of aromatic nitrogens is 2. The number of imidazole rings is 1. The summed E-state index contributed by atoms with van der Waals surface area (Å²) >= 11 is 0. The van der Waals surface area contributed by atoms with Gasteiger partial charge in [0.1, 0.15) is 90.3 Å². The van der Waals surface area contributed by atoms with Crippen molar-refractivity contribution in [3.05, 3.63) is 48.0 Å². The number of guanidine groups is 3. The third-order valence-electron chi connectivity index (χ3n) is 20.3. The maximum Gasteiger partial charge on any atom is 0.326 e. The first kappa shape index (κ1) is 115. The molecule has 33 N–H and O–H groups in total. The van der Waals surface area contributed by atoms with Gasteiger partial charge in [0.15, 0.2) is 17.9 Å². The van der Waals surface area contributed by atoms with Crippen LogP contribution in [-0.4, -0.2) is 259 Å². The SMILES string of the molecule is CC(C)C[C@H](NC(=O)[C@H](CC(C)C)NC(=O)[C@H](CCC(=O)O)NC(=O)[C@H](CCCNC(=N)N)NC(=O)[C@H](CC(C)C)NC(=O)[C@H](CCCNC(=N)N)NC(=O)[C@H](C)NC(=O)[C@H](Cc1c[nH]cn1)NC(=O)[C@H](CC(C)C)NC(=O)[C@H](Cc1ccc(O)cc1)NC(=O)[C@H](C)NC(=O)[C@H](CC(C)C)NC(=O)[C@H](CCCNC(=N)N)NC(=O)[C@H](CCC(=O)O)NC(=O)[C@@H](N)CC(C)C)C(=O)O. The zero-order valence-electron chi connectivity index (χ0n) is 77.9. The fourth-order valence-electron chi connectivity index (χ4n) is 13.6. The number of phenolic OH excluding ortho intramolecular Hbond substituents is 1. The first-order chi connectivity index (χ1) is 61.7. The summed E-state index contributed by atoms with van der Waals surface area (Å²) < 4.78 is 0. The van der Waals surface area contributed by atoms with Gasteiger partial charge >= 0.3 is 17.9 Å². The van der Waals surface area contributed by atoms with Crippen LogP contribution in [0.1, 0.15) is 211 Å². The molecule has 2 rings (SSSR count). The number of amides is 14. The third kappa shape index (κ3) is 47.0. The second-order valence-corrected chi connectivity index (χ2v) is 35.4. The molecule has 1 heterocycles. The van der Waals surface area contributed by atoms with Gasteiger partial charge in [-0.05, 0) is 157 Å². The number of nitrogens with one attached hydrogen (secondary N) is 21. The van der Waals surface area contributed by atoms with Gasteiger partial charge in [0.25, 0.3) is 0 Å². The molecule has 47 nitrogen and oxygen atoms in total. The number of aliphatic carboxylic acids is 3. The zero-order valence-corrected chi connectivity index (χ0v) is 77.9. The lowest BCUT2D eigenvalue weighted by molar-refractivity contribution is -0.143. The summed E-state index contributed by atoms with van der Waals surface area (Å²) in [5.41, 5.74) is 23.3. The minimum atomic E-state index is -1.68. The lowest BCUT2D eigenvalue weighted by Gasteiger charge is -2.29. The molecule has 0 aliphatic carbocycles. The summed E-state index contributed by atoms with van der Waals surface area (Å²) in [6, 6.07) is -16.5. The van der Waals surface area contributed by atoms with E-state index in [1.54, 1.807) is 69.2 Å². The van der Waals surface area contributed by atoms with E-state index in [9.17, 15) is 102 Å². The average molecular weight is 1870 g/mol. The van der Waals surface area contributed by atoms with Gasteiger partial charge < -0.3 is 139 Å². The Kier molecular flexibility index (Phi) is 51.7. The van der Waals surface area contributed by atoms with E-state index in [0.717, 1.165) is 0 Å². The number of carboxylic acids is 3. The first-order valence-electron chi connectivity index (χ1n) is 44.4. The summed E-state index contributed by atoms with van der Waals surface area (Å²) in [6.07, 6.45) is -0.563. The van der Waals surface area contributed by atoms with Gasteiger partial charge in [-0.2, -0.15) is 0 Å². The fraction of sp³-hybridized carbons (Fsp3) is 0.659. The minimum absolute atomic E-state index is 0.0137. The second-order valence-electron chi connectivity index (χ2n) is 35.4. The summed E-state index contributed by atoms with van der Waals surface area (Å²) in [5.74, 6) is -20.1. The van der Waals surface area contributed by atoms with E-state index < -0.39 is 235 Å². The van der Waals surface area contributed by atoms with Crippen LogP contribution in [0.3, 0.4) is 0 Å². The number of hydrogen-bond acceptors (Lipinski definition) is 23. The molecule has 15 atom stereocenters. The lowest BCUT2D eigenvalue weighted by Crippen LogP contribution is -2.61. The summed E-state index contributed by atoms with van der Waals surface area (Å²) in [4.78, 5) is 244. The number of carbonyl (C=O) groups excluding carboxylic acids is 14. The Morgan fingerprint density at radius 1 is 0.333 bits per heavy atom. The van der Waals surface area contributed by atoms with Crippen molar-refractivity contribution in [1.29, 1.82) is 16.2 Å². The van der Waals surface area contributed by atoms with Crippen LogP contribution in [-0.2, 0) is 94.3 Å². The van der Waals surface area contributed by atoms with Gasteiger partial charge in [-0.25, -0.2) is 9.78 Å². The molecule has 1 aromatic heterocycles. The number of aromatic hydroxyl groups is 1. The van der Waals surface area contributed by atoms with E-state index in [1.807, 2.05) is 13.8 Å². The Balaban J connectivity index is 2.61. The molecular weight excluding hydrogens is 1720 g/mol. The van der Waals surface area contributed by atoms with Gasteiger partial charge in [-0.15, -0.1) is 0 Å². The molecule has 2 aromatic rings. The van der Waals surface area contributed by atoms with E-state index in [0.29, 0.717) is 5.56 Å². The van der Waals surface area contributed by atoms with Gasteiger partial charge in [0.05, 0.1) is 18.1 Å². The molecule has 0 unspecified atom stereocenters. The van der Waals surface area contributed by atoms with Gasteiger partial charge in [0.2, 0.25) is 82.7 Å². The molecule has 0 radical (unpaired) electrons. The average Bonchev–Trinajstić information content (AvgIpc) is 1.08. The monoisotopic (exact) mass is 1870 g/mol. The number of carboxylic acid groups (broad SMARTS) is 3. The number of H-pyrrole nitrogens is 1. The molecule has 0 saturated carbocycles. The predicted octanol–water partition coefficient (Wildman–Crippen LogP) is -3.06. The number of rotatable bonds is 63. The van der Waals surface area contributed by atoms with Crippen molar-refractivity contribution in [2.24, 2.45) is 58.4 Å².